The summed E-state index contributed by atoms with van der Waals surface area (Å²) in [6.07, 6.45) is -0.120. The first kappa shape index (κ1) is 21.2. The van der Waals surface area contributed by atoms with E-state index in [1.807, 2.05) is 20.8 Å². The highest BCUT2D eigenvalue weighted by Crippen LogP contribution is 2.12. The Morgan fingerprint density at radius 1 is 1.04 bits per heavy atom. The summed E-state index contributed by atoms with van der Waals surface area (Å²) in [5.41, 5.74) is 0.0218. The number of ether oxygens (including phenoxy) is 1. The Balaban J connectivity index is 1.71. The van der Waals surface area contributed by atoms with Crippen LogP contribution in [0, 0.1) is 0 Å². The summed E-state index contributed by atoms with van der Waals surface area (Å²) in [7, 11) is 0. The molecule has 0 atom stereocenters. The zero-order chi connectivity index (χ0) is 20.0. The molecule has 8 heteroatoms. The van der Waals surface area contributed by atoms with Crippen molar-refractivity contribution in [2.75, 3.05) is 32.7 Å². The van der Waals surface area contributed by atoms with Gasteiger partial charge in [0.2, 0.25) is 5.91 Å². The van der Waals surface area contributed by atoms with E-state index in [0.717, 1.165) is 4.47 Å². The van der Waals surface area contributed by atoms with Gasteiger partial charge in [-0.05, 0) is 45.0 Å². The van der Waals surface area contributed by atoms with Gasteiger partial charge >= 0.3 is 6.09 Å². The molecule has 27 heavy (non-hydrogen) atoms. The summed E-state index contributed by atoms with van der Waals surface area (Å²) in [5.74, 6) is -0.236. The van der Waals surface area contributed by atoms with Crippen LogP contribution in [0.1, 0.15) is 37.6 Å². The highest BCUT2D eigenvalue weighted by Gasteiger charge is 2.27. The van der Waals surface area contributed by atoms with Crippen molar-refractivity contribution in [3.8, 4) is 0 Å². The van der Waals surface area contributed by atoms with E-state index in [-0.39, 0.29) is 30.9 Å². The van der Waals surface area contributed by atoms with Gasteiger partial charge in [-0.25, -0.2) is 4.79 Å². The minimum Gasteiger partial charge on any atom is -0.444 e. The molecule has 2 rings (SSSR count). The zero-order valence-corrected chi connectivity index (χ0v) is 17.5. The number of hydrogen-bond donors (Lipinski definition) is 1. The summed E-state index contributed by atoms with van der Waals surface area (Å²) < 4.78 is 6.25. The summed E-state index contributed by atoms with van der Waals surface area (Å²) >= 11 is 3.32. The zero-order valence-electron chi connectivity index (χ0n) is 16.0. The Hall–Kier alpha value is -2.09. The fourth-order valence-corrected chi connectivity index (χ4v) is 2.87. The van der Waals surface area contributed by atoms with Crippen LogP contribution in [0.25, 0.3) is 0 Å². The van der Waals surface area contributed by atoms with Crippen LogP contribution in [0.2, 0.25) is 0 Å². The minimum atomic E-state index is -0.531. The molecule has 3 amide bonds. The Morgan fingerprint density at radius 2 is 1.59 bits per heavy atom. The molecule has 1 aliphatic heterocycles. The standard InChI is InChI=1S/C19H26BrN3O4/c1-19(2,3)27-18(26)23-12-10-22(11-13-23)16(24)8-9-21-17(25)14-4-6-15(20)7-5-14/h4-7H,8-13H2,1-3H3,(H,21,25). The first-order chi connectivity index (χ1) is 12.7. The number of carbonyl (C=O) groups excluding carboxylic acids is 3. The van der Waals surface area contributed by atoms with Gasteiger partial charge in [0.05, 0.1) is 0 Å². The molecule has 0 radical (unpaired) electrons. The fraction of sp³-hybridized carbons (Fsp3) is 0.526. The third-order valence-electron chi connectivity index (χ3n) is 4.01. The lowest BCUT2D eigenvalue weighted by molar-refractivity contribution is -0.132. The molecule has 1 fully saturated rings. The number of nitrogens with zero attached hydrogens (tertiary/aromatic N) is 2. The van der Waals surface area contributed by atoms with Crippen molar-refractivity contribution in [2.45, 2.75) is 32.8 Å². The van der Waals surface area contributed by atoms with E-state index < -0.39 is 5.60 Å². The number of nitrogens with one attached hydrogen (secondary N) is 1. The number of hydrogen-bond acceptors (Lipinski definition) is 4. The highest BCUT2D eigenvalue weighted by atomic mass is 79.9. The molecule has 1 saturated heterocycles. The quantitative estimate of drug-likeness (QED) is 0.781. The average Bonchev–Trinajstić information content (AvgIpc) is 2.60. The maximum Gasteiger partial charge on any atom is 0.410 e. The summed E-state index contributed by atoms with van der Waals surface area (Å²) in [4.78, 5) is 39.7. The van der Waals surface area contributed by atoms with E-state index in [9.17, 15) is 14.4 Å². The molecule has 1 aromatic carbocycles. The van der Waals surface area contributed by atoms with E-state index in [0.29, 0.717) is 31.7 Å². The van der Waals surface area contributed by atoms with Gasteiger partial charge in [0, 0.05) is 49.2 Å². The topological polar surface area (TPSA) is 79.0 Å². The molecule has 1 aliphatic rings. The lowest BCUT2D eigenvalue weighted by atomic mass is 10.2. The predicted octanol–water partition coefficient (Wildman–Crippen LogP) is 2.65. The van der Waals surface area contributed by atoms with Crippen LogP contribution in [-0.4, -0.2) is 66.0 Å². The molecule has 7 nitrogen and oxygen atoms in total. The van der Waals surface area contributed by atoms with Crippen molar-refractivity contribution in [2.24, 2.45) is 0 Å². The lowest BCUT2D eigenvalue weighted by Crippen LogP contribution is -2.52. The van der Waals surface area contributed by atoms with Crippen LogP contribution in [0.5, 0.6) is 0 Å². The molecule has 0 unspecified atom stereocenters. The molecule has 0 aromatic heterocycles. The smallest absolute Gasteiger partial charge is 0.410 e. The van der Waals surface area contributed by atoms with Crippen LogP contribution < -0.4 is 5.32 Å². The molecule has 148 valence electrons. The number of carbonyl (C=O) groups is 3. The van der Waals surface area contributed by atoms with E-state index in [1.165, 1.54) is 0 Å². The van der Waals surface area contributed by atoms with Crippen molar-refractivity contribution in [3.05, 3.63) is 34.3 Å². The molecular formula is C19H26BrN3O4. The van der Waals surface area contributed by atoms with Crippen LogP contribution in [0.15, 0.2) is 28.7 Å². The second-order valence-electron chi connectivity index (χ2n) is 7.36. The van der Waals surface area contributed by atoms with Crippen LogP contribution in [-0.2, 0) is 9.53 Å². The molecular weight excluding hydrogens is 414 g/mol. The van der Waals surface area contributed by atoms with Crippen molar-refractivity contribution >= 4 is 33.8 Å². The lowest BCUT2D eigenvalue weighted by Gasteiger charge is -2.35. The molecule has 0 spiro atoms. The monoisotopic (exact) mass is 439 g/mol. The van der Waals surface area contributed by atoms with Crippen molar-refractivity contribution in [3.63, 3.8) is 0 Å². The SMILES string of the molecule is CC(C)(C)OC(=O)N1CCN(C(=O)CCNC(=O)c2ccc(Br)cc2)CC1. The van der Waals surface area contributed by atoms with E-state index >= 15 is 0 Å². The van der Waals surface area contributed by atoms with E-state index in [1.54, 1.807) is 34.1 Å². The summed E-state index contributed by atoms with van der Waals surface area (Å²) in [6, 6.07) is 7.03. The van der Waals surface area contributed by atoms with Crippen molar-refractivity contribution < 1.29 is 19.1 Å². The second kappa shape index (κ2) is 9.21. The molecule has 1 N–H and O–H groups in total. The van der Waals surface area contributed by atoms with Crippen molar-refractivity contribution in [1.29, 1.82) is 0 Å². The van der Waals surface area contributed by atoms with Crippen molar-refractivity contribution in [1.82, 2.24) is 15.1 Å². The van der Waals surface area contributed by atoms with Gasteiger partial charge in [0.15, 0.2) is 0 Å². The fourth-order valence-electron chi connectivity index (χ4n) is 2.61. The molecule has 1 aromatic rings. The largest absolute Gasteiger partial charge is 0.444 e. The third kappa shape index (κ3) is 6.86. The maximum atomic E-state index is 12.3. The number of rotatable bonds is 4. The van der Waals surface area contributed by atoms with Crippen LogP contribution in [0.3, 0.4) is 0 Å². The number of halogens is 1. The molecule has 0 aliphatic carbocycles. The Kier molecular flexibility index (Phi) is 7.24. The maximum absolute atomic E-state index is 12.3. The van der Waals surface area contributed by atoms with Gasteiger partial charge in [-0.2, -0.15) is 0 Å². The Morgan fingerprint density at radius 3 is 2.15 bits per heavy atom. The number of piperazine rings is 1. The Labute approximate surface area is 168 Å². The van der Waals surface area contributed by atoms with Gasteiger partial charge < -0.3 is 19.9 Å². The van der Waals surface area contributed by atoms with Crippen LogP contribution in [0.4, 0.5) is 4.79 Å². The molecule has 0 saturated carbocycles. The normalized spacial score (nSPS) is 14.7. The van der Waals surface area contributed by atoms with E-state index in [2.05, 4.69) is 21.2 Å². The summed E-state index contributed by atoms with van der Waals surface area (Å²) in [6.45, 7) is 7.60. The van der Waals surface area contributed by atoms with Gasteiger partial charge in [-0.3, -0.25) is 9.59 Å². The van der Waals surface area contributed by atoms with Gasteiger partial charge in [0.25, 0.3) is 5.91 Å². The van der Waals surface area contributed by atoms with Gasteiger partial charge in [0.1, 0.15) is 5.60 Å². The summed E-state index contributed by atoms with van der Waals surface area (Å²) in [5, 5.41) is 2.75. The first-order valence-corrected chi connectivity index (χ1v) is 9.74. The average molecular weight is 440 g/mol. The second-order valence-corrected chi connectivity index (χ2v) is 8.28. The van der Waals surface area contributed by atoms with E-state index in [4.69, 9.17) is 4.74 Å². The Bertz CT molecular complexity index is 677. The molecule has 0 bridgehead atoms. The van der Waals surface area contributed by atoms with Gasteiger partial charge in [-0.15, -0.1) is 0 Å². The predicted molar refractivity (Wildman–Crippen MR) is 105 cm³/mol. The molecule has 1 heterocycles. The minimum absolute atomic E-state index is 0.0325. The first-order valence-electron chi connectivity index (χ1n) is 8.95. The van der Waals surface area contributed by atoms with Gasteiger partial charge in [-0.1, -0.05) is 15.9 Å². The van der Waals surface area contributed by atoms with Crippen LogP contribution >= 0.6 is 15.9 Å². The number of benzene rings is 1. The third-order valence-corrected chi connectivity index (χ3v) is 4.54. The highest BCUT2D eigenvalue weighted by molar-refractivity contribution is 9.10. The number of amides is 3.